The molecule has 1 amide bonds. The third-order valence-corrected chi connectivity index (χ3v) is 6.23. The van der Waals surface area contributed by atoms with E-state index in [1.165, 1.54) is 33.6 Å². The zero-order valence-electron chi connectivity index (χ0n) is 18.3. The minimum Gasteiger partial charge on any atom is -0.345 e. The molecule has 0 spiro atoms. The van der Waals surface area contributed by atoms with E-state index in [0.29, 0.717) is 0 Å². The summed E-state index contributed by atoms with van der Waals surface area (Å²) in [4.78, 5) is 15.4. The lowest BCUT2D eigenvalue weighted by atomic mass is 9.87. The van der Waals surface area contributed by atoms with Crippen molar-refractivity contribution in [2.45, 2.75) is 52.6 Å². The predicted molar refractivity (Wildman–Crippen MR) is 125 cm³/mol. The first-order valence-electron chi connectivity index (χ1n) is 10.8. The Kier molecular flexibility index (Phi) is 5.63. The van der Waals surface area contributed by atoms with Crippen LogP contribution in [-0.2, 0) is 6.42 Å². The number of carbonyl (C=O) groups is 1. The molecule has 3 heteroatoms. The summed E-state index contributed by atoms with van der Waals surface area (Å²) < 4.78 is 0. The van der Waals surface area contributed by atoms with Gasteiger partial charge >= 0.3 is 0 Å². The van der Waals surface area contributed by atoms with Crippen LogP contribution < -0.4 is 10.2 Å². The van der Waals surface area contributed by atoms with Crippen LogP contribution in [0.4, 0.5) is 11.4 Å². The van der Waals surface area contributed by atoms with Gasteiger partial charge in [-0.2, -0.15) is 0 Å². The zero-order valence-corrected chi connectivity index (χ0v) is 18.3. The molecule has 1 N–H and O–H groups in total. The molecule has 3 nitrogen and oxygen atoms in total. The van der Waals surface area contributed by atoms with Crippen LogP contribution >= 0.6 is 0 Å². The number of anilines is 2. The smallest absolute Gasteiger partial charge is 0.251 e. The lowest BCUT2D eigenvalue weighted by Gasteiger charge is -2.42. The highest BCUT2D eigenvalue weighted by atomic mass is 16.1. The van der Waals surface area contributed by atoms with Gasteiger partial charge in [-0.3, -0.25) is 4.79 Å². The van der Waals surface area contributed by atoms with Crippen molar-refractivity contribution >= 4 is 17.3 Å². The van der Waals surface area contributed by atoms with Crippen LogP contribution in [0.15, 0.2) is 66.7 Å². The first-order chi connectivity index (χ1) is 14.5. The topological polar surface area (TPSA) is 32.3 Å². The van der Waals surface area contributed by atoms with Gasteiger partial charge in [0.15, 0.2) is 0 Å². The number of nitrogens with zero attached hydrogens (tertiary/aromatic N) is 1. The largest absolute Gasteiger partial charge is 0.345 e. The number of amides is 1. The summed E-state index contributed by atoms with van der Waals surface area (Å²) in [6.45, 7) is 8.66. The second kappa shape index (κ2) is 8.35. The van der Waals surface area contributed by atoms with Crippen LogP contribution in [0.1, 0.15) is 58.9 Å². The summed E-state index contributed by atoms with van der Waals surface area (Å²) in [5.41, 5.74) is 8.08. The Balaban J connectivity index is 1.69. The highest BCUT2D eigenvalue weighted by molar-refractivity contribution is 5.94. The number of rotatable bonds is 4. The van der Waals surface area contributed by atoms with Gasteiger partial charge in [0.05, 0.1) is 6.04 Å². The number of hydrogen-bond acceptors (Lipinski definition) is 2. The molecule has 4 rings (SSSR count). The van der Waals surface area contributed by atoms with Crippen LogP contribution in [0.2, 0.25) is 0 Å². The van der Waals surface area contributed by atoms with E-state index in [2.05, 4.69) is 80.4 Å². The highest BCUT2D eigenvalue weighted by Crippen LogP contribution is 2.43. The molecular formula is C27H30N2O. The van der Waals surface area contributed by atoms with E-state index >= 15 is 0 Å². The van der Waals surface area contributed by atoms with E-state index in [-0.39, 0.29) is 18.0 Å². The molecule has 154 valence electrons. The van der Waals surface area contributed by atoms with Gasteiger partial charge < -0.3 is 10.2 Å². The minimum atomic E-state index is -0.00611. The molecule has 0 aromatic heterocycles. The number of para-hydroxylation sites is 1. The Morgan fingerprint density at radius 2 is 1.60 bits per heavy atom. The summed E-state index contributed by atoms with van der Waals surface area (Å²) in [5.74, 6) is -0.00611. The number of fused-ring (bicyclic) bond motifs is 1. The van der Waals surface area contributed by atoms with Crippen molar-refractivity contribution in [3.63, 3.8) is 0 Å². The van der Waals surface area contributed by atoms with Crippen LogP contribution in [0.5, 0.6) is 0 Å². The molecule has 0 bridgehead atoms. The number of hydrogen-bond donors (Lipinski definition) is 1. The Labute approximate surface area is 179 Å². The monoisotopic (exact) mass is 398 g/mol. The lowest BCUT2D eigenvalue weighted by Crippen LogP contribution is -2.41. The molecule has 30 heavy (non-hydrogen) atoms. The molecule has 2 unspecified atom stereocenters. The molecule has 0 saturated carbocycles. The first-order valence-corrected chi connectivity index (χ1v) is 10.8. The van der Waals surface area contributed by atoms with Crippen LogP contribution in [0.25, 0.3) is 0 Å². The van der Waals surface area contributed by atoms with Crippen molar-refractivity contribution in [2.24, 2.45) is 0 Å². The van der Waals surface area contributed by atoms with Crippen molar-refractivity contribution in [1.82, 2.24) is 5.32 Å². The molecule has 0 radical (unpaired) electrons. The molecule has 0 fully saturated rings. The second-order valence-electron chi connectivity index (χ2n) is 8.33. The van der Waals surface area contributed by atoms with Gasteiger partial charge in [-0.05, 0) is 74.6 Å². The molecule has 3 aromatic rings. The number of benzene rings is 3. The van der Waals surface area contributed by atoms with E-state index in [1.807, 2.05) is 24.3 Å². The van der Waals surface area contributed by atoms with Gasteiger partial charge in [0.25, 0.3) is 5.91 Å². The van der Waals surface area contributed by atoms with Gasteiger partial charge in [0, 0.05) is 28.5 Å². The fourth-order valence-electron chi connectivity index (χ4n) is 4.60. The molecule has 0 aliphatic carbocycles. The van der Waals surface area contributed by atoms with Gasteiger partial charge in [0.1, 0.15) is 0 Å². The van der Waals surface area contributed by atoms with E-state index in [0.717, 1.165) is 18.4 Å². The van der Waals surface area contributed by atoms with Crippen molar-refractivity contribution in [2.75, 3.05) is 4.90 Å². The van der Waals surface area contributed by atoms with E-state index < -0.39 is 0 Å². The molecule has 1 aliphatic heterocycles. The number of aryl methyl sites for hydroxylation is 3. The zero-order chi connectivity index (χ0) is 21.3. The normalized spacial score (nSPS) is 18.1. The molecule has 1 heterocycles. The molecule has 3 aromatic carbocycles. The standard InChI is InChI=1S/C27H30N2O/c1-5-21-13-15-22(16-14-21)27(30)28-23-17-20(4)29(24-11-7-6-9-18(24)2)25-12-8-10-19(3)26(23)25/h6-16,20,23H,5,17H2,1-4H3,(H,28,30). The highest BCUT2D eigenvalue weighted by Gasteiger charge is 2.33. The Morgan fingerprint density at radius 3 is 2.30 bits per heavy atom. The maximum Gasteiger partial charge on any atom is 0.251 e. The Bertz CT molecular complexity index is 1050. The Hall–Kier alpha value is -3.07. The summed E-state index contributed by atoms with van der Waals surface area (Å²) in [7, 11) is 0. The summed E-state index contributed by atoms with van der Waals surface area (Å²) in [6, 6.07) is 23.2. The average molecular weight is 399 g/mol. The summed E-state index contributed by atoms with van der Waals surface area (Å²) in [5, 5.41) is 3.32. The quantitative estimate of drug-likeness (QED) is 0.562. The summed E-state index contributed by atoms with van der Waals surface area (Å²) in [6.07, 6.45) is 1.84. The van der Waals surface area contributed by atoms with E-state index in [1.54, 1.807) is 0 Å². The molecule has 2 atom stereocenters. The molecular weight excluding hydrogens is 368 g/mol. The maximum absolute atomic E-state index is 13.0. The first kappa shape index (κ1) is 20.2. The predicted octanol–water partition coefficient (Wildman–Crippen LogP) is 6.27. The van der Waals surface area contributed by atoms with Crippen molar-refractivity contribution < 1.29 is 4.79 Å². The van der Waals surface area contributed by atoms with Crippen molar-refractivity contribution in [3.05, 3.63) is 94.5 Å². The minimum absolute atomic E-state index is 0.00480. The second-order valence-corrected chi connectivity index (χ2v) is 8.33. The van der Waals surface area contributed by atoms with Crippen LogP contribution in [0, 0.1) is 13.8 Å². The fraction of sp³-hybridized carbons (Fsp3) is 0.296. The van der Waals surface area contributed by atoms with Crippen molar-refractivity contribution in [3.8, 4) is 0 Å². The third kappa shape index (κ3) is 3.72. The van der Waals surface area contributed by atoms with Gasteiger partial charge in [-0.15, -0.1) is 0 Å². The third-order valence-electron chi connectivity index (χ3n) is 6.23. The van der Waals surface area contributed by atoms with E-state index in [4.69, 9.17) is 0 Å². The average Bonchev–Trinajstić information content (AvgIpc) is 2.75. The van der Waals surface area contributed by atoms with Gasteiger partial charge in [0.2, 0.25) is 0 Å². The number of carbonyl (C=O) groups excluding carboxylic acids is 1. The lowest BCUT2D eigenvalue weighted by molar-refractivity contribution is 0.0932. The van der Waals surface area contributed by atoms with Crippen LogP contribution in [-0.4, -0.2) is 11.9 Å². The Morgan fingerprint density at radius 1 is 0.933 bits per heavy atom. The van der Waals surface area contributed by atoms with E-state index in [9.17, 15) is 4.79 Å². The molecule has 1 aliphatic rings. The van der Waals surface area contributed by atoms with Gasteiger partial charge in [-0.25, -0.2) is 0 Å². The van der Waals surface area contributed by atoms with Crippen molar-refractivity contribution in [1.29, 1.82) is 0 Å². The SMILES string of the molecule is CCc1ccc(C(=O)NC2CC(C)N(c3ccccc3C)c3cccc(C)c32)cc1. The van der Waals surface area contributed by atoms with Crippen LogP contribution in [0.3, 0.4) is 0 Å². The fourth-order valence-corrected chi connectivity index (χ4v) is 4.60. The maximum atomic E-state index is 13.0. The van der Waals surface area contributed by atoms with Gasteiger partial charge in [-0.1, -0.05) is 49.4 Å². The summed E-state index contributed by atoms with van der Waals surface area (Å²) >= 11 is 0. The number of nitrogens with one attached hydrogen (secondary N) is 1. The molecule has 0 saturated heterocycles.